The molecule has 1 heterocycles. The number of nitrogens with one attached hydrogen (secondary N) is 1. The van der Waals surface area contributed by atoms with E-state index in [0.29, 0.717) is 0 Å². The summed E-state index contributed by atoms with van der Waals surface area (Å²) in [4.78, 5) is 13.6. The Morgan fingerprint density at radius 3 is 2.60 bits per heavy atom. The topological polar surface area (TPSA) is 53.1 Å². The van der Waals surface area contributed by atoms with Gasteiger partial charge >= 0.3 is 5.97 Å². The highest BCUT2D eigenvalue weighted by Crippen LogP contribution is 2.27. The molecular weight excluding hydrogens is 274 g/mol. The van der Waals surface area contributed by atoms with Crippen LogP contribution in [0.4, 0.5) is 0 Å². The van der Waals surface area contributed by atoms with Crippen molar-refractivity contribution < 1.29 is 9.90 Å². The fourth-order valence-electron chi connectivity index (χ4n) is 2.52. The Hall–Kier alpha value is -1.48. The van der Waals surface area contributed by atoms with Crippen LogP contribution in [0, 0.1) is 0 Å². The maximum absolute atomic E-state index is 10.4. The third-order valence-electron chi connectivity index (χ3n) is 3.58. The van der Waals surface area contributed by atoms with Gasteiger partial charge in [-0.15, -0.1) is 0 Å². The second kappa shape index (κ2) is 7.34. The summed E-state index contributed by atoms with van der Waals surface area (Å²) in [6.07, 6.45) is 6.34. The molecule has 0 bridgehead atoms. The van der Waals surface area contributed by atoms with E-state index in [1.807, 2.05) is 18.2 Å². The van der Waals surface area contributed by atoms with Gasteiger partial charge in [-0.3, -0.25) is 4.79 Å². The summed E-state index contributed by atoms with van der Waals surface area (Å²) >= 11 is 6.24. The van der Waals surface area contributed by atoms with Crippen molar-refractivity contribution in [3.05, 3.63) is 35.0 Å². The van der Waals surface area contributed by atoms with E-state index in [2.05, 4.69) is 11.1 Å². The van der Waals surface area contributed by atoms with Gasteiger partial charge in [0.1, 0.15) is 5.15 Å². The van der Waals surface area contributed by atoms with E-state index >= 15 is 0 Å². The molecule has 0 amide bonds. The predicted molar refractivity (Wildman–Crippen MR) is 82.4 cm³/mol. The minimum Gasteiger partial charge on any atom is -0.481 e. The highest BCUT2D eigenvalue weighted by Gasteiger charge is 2.08. The number of carboxylic acids is 1. The first-order chi connectivity index (χ1) is 9.68. The summed E-state index contributed by atoms with van der Waals surface area (Å²) in [6.45, 7) is 0. The molecule has 2 aromatic rings. The molecule has 2 N–H and O–H groups in total. The largest absolute Gasteiger partial charge is 0.481 e. The van der Waals surface area contributed by atoms with Gasteiger partial charge in [0.05, 0.1) is 0 Å². The number of hydrogen-bond acceptors (Lipinski definition) is 1. The monoisotopic (exact) mass is 293 g/mol. The minimum atomic E-state index is -0.699. The van der Waals surface area contributed by atoms with Gasteiger partial charge in [-0.25, -0.2) is 0 Å². The molecule has 3 nitrogen and oxygen atoms in total. The molecule has 108 valence electrons. The van der Waals surface area contributed by atoms with E-state index in [-0.39, 0.29) is 6.42 Å². The number of hydrogen-bond donors (Lipinski definition) is 2. The number of carboxylic acid groups (broad SMARTS) is 1. The molecule has 2 rings (SSSR count). The maximum atomic E-state index is 10.4. The van der Waals surface area contributed by atoms with Gasteiger partial charge in [-0.05, 0) is 30.9 Å². The first-order valence-corrected chi connectivity index (χ1v) is 7.53. The van der Waals surface area contributed by atoms with Crippen molar-refractivity contribution in [3.8, 4) is 0 Å². The van der Waals surface area contributed by atoms with Crippen LogP contribution in [0.1, 0.15) is 44.1 Å². The zero-order valence-corrected chi connectivity index (χ0v) is 12.2. The van der Waals surface area contributed by atoms with Gasteiger partial charge in [0, 0.05) is 17.3 Å². The smallest absolute Gasteiger partial charge is 0.303 e. The lowest BCUT2D eigenvalue weighted by Gasteiger charge is -2.02. The fourth-order valence-corrected chi connectivity index (χ4v) is 2.82. The predicted octanol–water partition coefficient (Wildman–Crippen LogP) is 4.79. The zero-order chi connectivity index (χ0) is 14.4. The average molecular weight is 294 g/mol. The van der Waals surface area contributed by atoms with Gasteiger partial charge in [0.25, 0.3) is 0 Å². The van der Waals surface area contributed by atoms with E-state index in [4.69, 9.17) is 16.7 Å². The van der Waals surface area contributed by atoms with Crippen molar-refractivity contribution in [1.29, 1.82) is 0 Å². The third-order valence-corrected chi connectivity index (χ3v) is 3.90. The molecule has 1 aromatic carbocycles. The molecule has 0 radical (unpaired) electrons. The van der Waals surface area contributed by atoms with Crippen molar-refractivity contribution in [1.82, 2.24) is 4.98 Å². The van der Waals surface area contributed by atoms with Gasteiger partial charge in [-0.2, -0.15) is 0 Å². The molecule has 0 saturated heterocycles. The fraction of sp³-hybridized carbons (Fsp3) is 0.438. The van der Waals surface area contributed by atoms with Crippen LogP contribution < -0.4 is 0 Å². The van der Waals surface area contributed by atoms with E-state index in [0.717, 1.165) is 49.2 Å². The number of halogens is 1. The van der Waals surface area contributed by atoms with E-state index in [1.54, 1.807) is 0 Å². The Morgan fingerprint density at radius 2 is 1.80 bits per heavy atom. The van der Waals surface area contributed by atoms with E-state index < -0.39 is 5.97 Å². The summed E-state index contributed by atoms with van der Waals surface area (Å²) in [5, 5.41) is 10.5. The second-order valence-electron chi connectivity index (χ2n) is 5.12. The molecule has 0 spiro atoms. The lowest BCUT2D eigenvalue weighted by atomic mass is 10.0. The number of carbonyl (C=O) groups is 1. The van der Waals surface area contributed by atoms with Crippen molar-refractivity contribution >= 4 is 28.5 Å². The maximum Gasteiger partial charge on any atom is 0.303 e. The average Bonchev–Trinajstić information content (AvgIpc) is 2.73. The van der Waals surface area contributed by atoms with Gasteiger partial charge in [-0.1, -0.05) is 49.1 Å². The number of fused-ring (bicyclic) bond motifs is 1. The Morgan fingerprint density at radius 1 is 1.10 bits per heavy atom. The van der Waals surface area contributed by atoms with Crippen LogP contribution in [-0.4, -0.2) is 16.1 Å². The van der Waals surface area contributed by atoms with Crippen LogP contribution in [0.3, 0.4) is 0 Å². The number of aliphatic carboxylic acids is 1. The van der Waals surface area contributed by atoms with Crippen molar-refractivity contribution in [3.63, 3.8) is 0 Å². The summed E-state index contributed by atoms with van der Waals surface area (Å²) in [5.74, 6) is -0.699. The first-order valence-electron chi connectivity index (χ1n) is 7.15. The number of aromatic nitrogens is 1. The summed E-state index contributed by atoms with van der Waals surface area (Å²) in [7, 11) is 0. The molecule has 20 heavy (non-hydrogen) atoms. The van der Waals surface area contributed by atoms with Crippen LogP contribution in [0.2, 0.25) is 5.15 Å². The Balaban J connectivity index is 1.76. The normalized spacial score (nSPS) is 11.1. The molecule has 0 aliphatic heterocycles. The van der Waals surface area contributed by atoms with Crippen molar-refractivity contribution in [2.24, 2.45) is 0 Å². The molecule has 4 heteroatoms. The standard InChI is InChI=1S/C16H20ClNO2/c17-16-13(12-8-6-7-10-14(12)18-16)9-4-2-1-3-5-11-15(19)20/h6-8,10,18H,1-5,9,11H2,(H,19,20). The minimum absolute atomic E-state index is 0.286. The summed E-state index contributed by atoms with van der Waals surface area (Å²) in [6, 6.07) is 8.17. The number of unbranched alkanes of at least 4 members (excludes halogenated alkanes) is 4. The molecular formula is C16H20ClNO2. The van der Waals surface area contributed by atoms with E-state index in [9.17, 15) is 4.79 Å². The molecule has 0 fully saturated rings. The van der Waals surface area contributed by atoms with Crippen LogP contribution in [0.5, 0.6) is 0 Å². The molecule has 0 aliphatic rings. The van der Waals surface area contributed by atoms with Gasteiger partial charge in [0.2, 0.25) is 0 Å². The molecule has 0 atom stereocenters. The molecule has 0 saturated carbocycles. The Kier molecular flexibility index (Phi) is 5.48. The van der Waals surface area contributed by atoms with Crippen molar-refractivity contribution in [2.45, 2.75) is 44.9 Å². The van der Waals surface area contributed by atoms with Gasteiger partial charge in [0.15, 0.2) is 0 Å². The lowest BCUT2D eigenvalue weighted by molar-refractivity contribution is -0.137. The molecule has 0 unspecified atom stereocenters. The number of aryl methyl sites for hydroxylation is 1. The van der Waals surface area contributed by atoms with Crippen LogP contribution in [0.25, 0.3) is 10.9 Å². The Labute approximate surface area is 124 Å². The van der Waals surface area contributed by atoms with Crippen molar-refractivity contribution in [2.75, 3.05) is 0 Å². The third kappa shape index (κ3) is 4.01. The number of rotatable bonds is 8. The highest BCUT2D eigenvalue weighted by atomic mass is 35.5. The lowest BCUT2D eigenvalue weighted by Crippen LogP contribution is -1.93. The van der Waals surface area contributed by atoms with Crippen LogP contribution >= 0.6 is 11.6 Å². The van der Waals surface area contributed by atoms with Crippen LogP contribution in [-0.2, 0) is 11.2 Å². The number of benzene rings is 1. The number of H-pyrrole nitrogens is 1. The highest BCUT2D eigenvalue weighted by molar-refractivity contribution is 6.31. The second-order valence-corrected chi connectivity index (χ2v) is 5.50. The first kappa shape index (κ1) is 14.9. The quantitative estimate of drug-likeness (QED) is 0.688. The summed E-state index contributed by atoms with van der Waals surface area (Å²) < 4.78 is 0. The zero-order valence-electron chi connectivity index (χ0n) is 11.5. The molecule has 0 aliphatic carbocycles. The SMILES string of the molecule is O=C(O)CCCCCCCc1c(Cl)[nH]c2ccccc12. The number of aromatic amines is 1. The van der Waals surface area contributed by atoms with E-state index in [1.165, 1.54) is 10.9 Å². The van der Waals surface area contributed by atoms with Crippen LogP contribution in [0.15, 0.2) is 24.3 Å². The summed E-state index contributed by atoms with van der Waals surface area (Å²) in [5.41, 5.74) is 2.29. The molecule has 1 aromatic heterocycles. The Bertz CT molecular complexity index is 577. The van der Waals surface area contributed by atoms with Gasteiger partial charge < -0.3 is 10.1 Å². The number of para-hydroxylation sites is 1.